The van der Waals surface area contributed by atoms with Crippen LogP contribution in [0.3, 0.4) is 0 Å². The number of aliphatic hydroxyl groups excluding tert-OH is 1. The second-order valence-corrected chi connectivity index (χ2v) is 7.67. The fraction of sp³-hybridized carbons (Fsp3) is 0.579. The standard InChI is InChI=1S/C19H25N5O4/c1-2-5-24-16-15(18(27)23-19(24)28)12(6-13(22-16)10-3-4-10)17(26)21-8-11-7-20-9-14(11)25/h6,10-11,14,20,25H,2-5,7-9H2,1H3,(H,21,26)(H,23,27,28). The second-order valence-electron chi connectivity index (χ2n) is 7.67. The first kappa shape index (κ1) is 18.8. The first-order chi connectivity index (χ1) is 13.5. The SMILES string of the molecule is CCCn1c(=O)[nH]c(=O)c2c(C(=O)NCC3CNCC3O)cc(C3CC3)nc21. The van der Waals surface area contributed by atoms with Crippen molar-refractivity contribution >= 4 is 16.9 Å². The molecule has 150 valence electrons. The highest BCUT2D eigenvalue weighted by atomic mass is 16.3. The molecule has 0 aromatic carbocycles. The molecule has 2 fully saturated rings. The van der Waals surface area contributed by atoms with E-state index in [0.29, 0.717) is 32.6 Å². The van der Waals surface area contributed by atoms with Crippen molar-refractivity contribution in [1.82, 2.24) is 25.2 Å². The molecule has 3 heterocycles. The number of aromatic nitrogens is 3. The lowest BCUT2D eigenvalue weighted by Crippen LogP contribution is -2.36. The molecule has 2 atom stereocenters. The van der Waals surface area contributed by atoms with Gasteiger partial charge < -0.3 is 15.7 Å². The van der Waals surface area contributed by atoms with E-state index in [1.165, 1.54) is 4.57 Å². The highest BCUT2D eigenvalue weighted by Gasteiger charge is 2.29. The minimum Gasteiger partial charge on any atom is -0.391 e. The summed E-state index contributed by atoms with van der Waals surface area (Å²) in [6, 6.07) is 1.68. The summed E-state index contributed by atoms with van der Waals surface area (Å²) in [6.45, 7) is 3.79. The monoisotopic (exact) mass is 387 g/mol. The predicted octanol–water partition coefficient (Wildman–Crippen LogP) is -0.318. The van der Waals surface area contributed by atoms with E-state index >= 15 is 0 Å². The van der Waals surface area contributed by atoms with E-state index in [2.05, 4.69) is 20.6 Å². The van der Waals surface area contributed by atoms with Crippen molar-refractivity contribution in [3.05, 3.63) is 38.2 Å². The maximum atomic E-state index is 12.9. The first-order valence-electron chi connectivity index (χ1n) is 9.84. The van der Waals surface area contributed by atoms with E-state index < -0.39 is 17.4 Å². The van der Waals surface area contributed by atoms with Gasteiger partial charge in [-0.25, -0.2) is 9.78 Å². The van der Waals surface area contributed by atoms with Crippen molar-refractivity contribution < 1.29 is 9.90 Å². The Kier molecular flexibility index (Phi) is 5.03. The average molecular weight is 387 g/mol. The Hall–Kier alpha value is -2.52. The fourth-order valence-electron chi connectivity index (χ4n) is 3.74. The number of aliphatic hydroxyl groups is 1. The van der Waals surface area contributed by atoms with Crippen LogP contribution in [0.4, 0.5) is 0 Å². The average Bonchev–Trinajstić information content (AvgIpc) is 3.44. The third-order valence-electron chi connectivity index (χ3n) is 5.48. The summed E-state index contributed by atoms with van der Waals surface area (Å²) in [6.07, 6.45) is 2.17. The smallest absolute Gasteiger partial charge is 0.329 e. The van der Waals surface area contributed by atoms with Crippen LogP contribution >= 0.6 is 0 Å². The first-order valence-corrected chi connectivity index (χ1v) is 9.84. The number of nitrogens with zero attached hydrogens (tertiary/aromatic N) is 2. The van der Waals surface area contributed by atoms with Crippen LogP contribution in [-0.2, 0) is 6.54 Å². The maximum absolute atomic E-state index is 12.9. The van der Waals surface area contributed by atoms with E-state index in [0.717, 1.165) is 18.5 Å². The lowest BCUT2D eigenvalue weighted by atomic mass is 10.1. The molecule has 1 saturated heterocycles. The van der Waals surface area contributed by atoms with Gasteiger partial charge in [0.15, 0.2) is 5.65 Å². The Balaban J connectivity index is 1.77. The van der Waals surface area contributed by atoms with Gasteiger partial charge in [0.25, 0.3) is 11.5 Å². The summed E-state index contributed by atoms with van der Waals surface area (Å²) in [5, 5.41) is 16.0. The van der Waals surface area contributed by atoms with E-state index in [-0.39, 0.29) is 34.3 Å². The Morgan fingerprint density at radius 3 is 2.79 bits per heavy atom. The van der Waals surface area contributed by atoms with Crippen LogP contribution in [0, 0.1) is 5.92 Å². The Labute approximate surface area is 161 Å². The van der Waals surface area contributed by atoms with Gasteiger partial charge in [-0.3, -0.25) is 19.1 Å². The predicted molar refractivity (Wildman–Crippen MR) is 104 cm³/mol. The van der Waals surface area contributed by atoms with Gasteiger partial charge in [0.05, 0.1) is 17.1 Å². The van der Waals surface area contributed by atoms with Crippen molar-refractivity contribution in [2.24, 2.45) is 5.92 Å². The number of β-amino-alcohol motifs (C(OH)–C–C–N with tert-alkyl or cyclic N) is 1. The second kappa shape index (κ2) is 7.48. The lowest BCUT2D eigenvalue weighted by Gasteiger charge is -2.16. The summed E-state index contributed by atoms with van der Waals surface area (Å²) < 4.78 is 1.43. The molecule has 2 aromatic rings. The summed E-state index contributed by atoms with van der Waals surface area (Å²) in [4.78, 5) is 44.7. The van der Waals surface area contributed by atoms with Gasteiger partial charge in [-0.1, -0.05) is 6.92 Å². The molecule has 1 amide bonds. The number of pyridine rings is 1. The van der Waals surface area contributed by atoms with Gasteiger partial charge in [0.1, 0.15) is 0 Å². The zero-order valence-electron chi connectivity index (χ0n) is 15.8. The molecule has 4 N–H and O–H groups in total. The minimum atomic E-state index is -0.602. The lowest BCUT2D eigenvalue weighted by molar-refractivity contribution is 0.0928. The van der Waals surface area contributed by atoms with Crippen molar-refractivity contribution in [2.45, 2.75) is 44.8 Å². The van der Waals surface area contributed by atoms with E-state index in [1.54, 1.807) is 6.07 Å². The number of hydrogen-bond donors (Lipinski definition) is 4. The topological polar surface area (TPSA) is 129 Å². The van der Waals surface area contributed by atoms with Gasteiger partial charge in [0, 0.05) is 43.7 Å². The van der Waals surface area contributed by atoms with Gasteiger partial charge >= 0.3 is 5.69 Å². The highest BCUT2D eigenvalue weighted by molar-refractivity contribution is 6.05. The van der Waals surface area contributed by atoms with Gasteiger partial charge in [-0.05, 0) is 25.3 Å². The minimum absolute atomic E-state index is 0.0727. The van der Waals surface area contributed by atoms with Gasteiger partial charge in [0.2, 0.25) is 0 Å². The summed E-state index contributed by atoms with van der Waals surface area (Å²) in [5.41, 5.74) is 0.141. The zero-order chi connectivity index (χ0) is 19.8. The highest BCUT2D eigenvalue weighted by Crippen LogP contribution is 2.39. The number of rotatable bonds is 6. The number of aryl methyl sites for hydroxylation is 1. The van der Waals surface area contributed by atoms with Gasteiger partial charge in [-0.15, -0.1) is 0 Å². The largest absolute Gasteiger partial charge is 0.391 e. The molecule has 0 spiro atoms. The molecule has 28 heavy (non-hydrogen) atoms. The summed E-state index contributed by atoms with van der Waals surface area (Å²) in [5.74, 6) is -0.196. The molecule has 1 saturated carbocycles. The molecular formula is C19H25N5O4. The van der Waals surface area contributed by atoms with E-state index in [9.17, 15) is 19.5 Å². The summed E-state index contributed by atoms with van der Waals surface area (Å²) in [7, 11) is 0. The molecular weight excluding hydrogens is 362 g/mol. The number of carbonyl (C=O) groups is 1. The normalized spacial score (nSPS) is 21.9. The molecule has 1 aliphatic heterocycles. The maximum Gasteiger partial charge on any atom is 0.329 e. The Morgan fingerprint density at radius 2 is 2.14 bits per heavy atom. The van der Waals surface area contributed by atoms with Crippen molar-refractivity contribution in [3.8, 4) is 0 Å². The fourth-order valence-corrected chi connectivity index (χ4v) is 3.74. The van der Waals surface area contributed by atoms with Crippen LogP contribution in [0.2, 0.25) is 0 Å². The van der Waals surface area contributed by atoms with Crippen molar-refractivity contribution in [2.75, 3.05) is 19.6 Å². The number of aromatic amines is 1. The number of hydrogen-bond acceptors (Lipinski definition) is 6. The molecule has 1 aliphatic carbocycles. The van der Waals surface area contributed by atoms with E-state index in [4.69, 9.17) is 0 Å². The molecule has 4 rings (SSSR count). The third kappa shape index (κ3) is 3.47. The number of H-pyrrole nitrogens is 1. The Bertz CT molecular complexity index is 1020. The van der Waals surface area contributed by atoms with Crippen molar-refractivity contribution in [3.63, 3.8) is 0 Å². The molecule has 0 radical (unpaired) electrons. The number of amides is 1. The molecule has 2 aliphatic rings. The van der Waals surface area contributed by atoms with Crippen LogP contribution in [-0.4, -0.2) is 51.3 Å². The molecule has 2 aromatic heterocycles. The number of fused-ring (bicyclic) bond motifs is 1. The molecule has 9 nitrogen and oxygen atoms in total. The molecule has 0 bridgehead atoms. The summed E-state index contributed by atoms with van der Waals surface area (Å²) >= 11 is 0. The zero-order valence-corrected chi connectivity index (χ0v) is 15.8. The van der Waals surface area contributed by atoms with Crippen LogP contribution in [0.5, 0.6) is 0 Å². The number of carbonyl (C=O) groups excluding carboxylic acids is 1. The number of nitrogens with one attached hydrogen (secondary N) is 3. The van der Waals surface area contributed by atoms with Gasteiger partial charge in [-0.2, -0.15) is 0 Å². The van der Waals surface area contributed by atoms with Crippen LogP contribution in [0.15, 0.2) is 15.7 Å². The quantitative estimate of drug-likeness (QED) is 0.538. The Morgan fingerprint density at radius 1 is 1.36 bits per heavy atom. The van der Waals surface area contributed by atoms with Crippen LogP contribution in [0.25, 0.3) is 11.0 Å². The third-order valence-corrected chi connectivity index (χ3v) is 5.48. The molecule has 2 unspecified atom stereocenters. The van der Waals surface area contributed by atoms with Crippen LogP contribution < -0.4 is 21.9 Å². The van der Waals surface area contributed by atoms with Crippen LogP contribution in [0.1, 0.15) is 48.2 Å². The molecule has 9 heteroatoms. The van der Waals surface area contributed by atoms with Crippen molar-refractivity contribution in [1.29, 1.82) is 0 Å². The van der Waals surface area contributed by atoms with E-state index in [1.807, 2.05) is 6.92 Å².